The number of ether oxygens (including phenoxy) is 1. The Kier molecular flexibility index (Phi) is 3.60. The van der Waals surface area contributed by atoms with Crippen LogP contribution in [0.2, 0.25) is 0 Å². The third-order valence-corrected chi connectivity index (χ3v) is 3.67. The highest BCUT2D eigenvalue weighted by atomic mass is 32.2. The molecular weight excluding hydrogens is 228 g/mol. The average Bonchev–Trinajstić information content (AvgIpc) is 2.89. The van der Waals surface area contributed by atoms with Crippen LogP contribution in [0.4, 0.5) is 0 Å². The fourth-order valence-electron chi connectivity index (χ4n) is 1.65. The number of carbonyl (C=O) groups excluding carboxylic acids is 1. The van der Waals surface area contributed by atoms with Gasteiger partial charge in [-0.05, 0) is 6.42 Å². The zero-order chi connectivity index (χ0) is 11.5. The van der Waals surface area contributed by atoms with Gasteiger partial charge in [-0.15, -0.1) is 0 Å². The largest absolute Gasteiger partial charge is 0.373 e. The maximum atomic E-state index is 11.5. The zero-order valence-electron chi connectivity index (χ0n) is 9.30. The van der Waals surface area contributed by atoms with E-state index in [1.807, 2.05) is 6.92 Å². The molecule has 2 rings (SSSR count). The number of rotatable bonds is 4. The van der Waals surface area contributed by atoms with E-state index >= 15 is 0 Å². The molecule has 0 aliphatic carbocycles. The molecule has 1 fully saturated rings. The Balaban J connectivity index is 2.15. The fraction of sp³-hybridized carbons (Fsp3) is 0.700. The average molecular weight is 242 g/mol. The van der Waals surface area contributed by atoms with Crippen LogP contribution in [0.25, 0.3) is 0 Å². The summed E-state index contributed by atoms with van der Waals surface area (Å²) in [6, 6.07) is 0. The van der Waals surface area contributed by atoms with Gasteiger partial charge in [-0.3, -0.25) is 4.79 Å². The Morgan fingerprint density at radius 3 is 3.06 bits per heavy atom. The molecule has 2 heterocycles. The van der Waals surface area contributed by atoms with E-state index in [9.17, 15) is 4.79 Å². The highest BCUT2D eigenvalue weighted by Gasteiger charge is 2.32. The van der Waals surface area contributed by atoms with Gasteiger partial charge in [-0.1, -0.05) is 12.1 Å². The number of aromatic nitrogens is 2. The van der Waals surface area contributed by atoms with Crippen molar-refractivity contribution in [1.82, 2.24) is 10.1 Å². The lowest BCUT2D eigenvalue weighted by Crippen LogP contribution is -2.10. The lowest BCUT2D eigenvalue weighted by molar-refractivity contribution is -0.117. The highest BCUT2D eigenvalue weighted by Crippen LogP contribution is 2.29. The second-order valence-electron chi connectivity index (χ2n) is 3.66. The van der Waals surface area contributed by atoms with Crippen LogP contribution in [0, 0.1) is 0 Å². The van der Waals surface area contributed by atoms with Crippen molar-refractivity contribution < 1.29 is 14.1 Å². The highest BCUT2D eigenvalue weighted by molar-refractivity contribution is 8.00. The van der Waals surface area contributed by atoms with Crippen LogP contribution in [0.1, 0.15) is 37.1 Å². The van der Waals surface area contributed by atoms with Crippen molar-refractivity contribution in [3.8, 4) is 0 Å². The molecule has 6 heteroatoms. The summed E-state index contributed by atoms with van der Waals surface area (Å²) < 4.78 is 10.3. The lowest BCUT2D eigenvalue weighted by atomic mass is 10.1. The van der Waals surface area contributed by atoms with E-state index < -0.39 is 0 Å². The molecular formula is C10H14N2O3S. The Morgan fingerprint density at radius 2 is 2.50 bits per heavy atom. The van der Waals surface area contributed by atoms with Crippen molar-refractivity contribution in [1.29, 1.82) is 0 Å². The van der Waals surface area contributed by atoms with E-state index in [1.165, 1.54) is 0 Å². The monoisotopic (exact) mass is 242 g/mol. The van der Waals surface area contributed by atoms with E-state index in [0.717, 1.165) is 12.2 Å². The van der Waals surface area contributed by atoms with Crippen molar-refractivity contribution in [2.75, 3.05) is 18.6 Å². The first-order valence-corrected chi connectivity index (χ1v) is 6.38. The molecule has 2 unspecified atom stereocenters. The quantitative estimate of drug-likeness (QED) is 0.798. The number of hydrogen-bond acceptors (Lipinski definition) is 6. The van der Waals surface area contributed by atoms with E-state index in [4.69, 9.17) is 9.26 Å². The molecule has 1 aliphatic heterocycles. The minimum atomic E-state index is -0.222. The molecule has 88 valence electrons. The Hall–Kier alpha value is -0.880. The summed E-state index contributed by atoms with van der Waals surface area (Å²) >= 11 is 1.61. The number of methoxy groups -OCH3 is 1. The molecule has 1 aromatic rings. The van der Waals surface area contributed by atoms with Gasteiger partial charge in [0.2, 0.25) is 11.7 Å². The predicted octanol–water partition coefficient (Wildman–Crippen LogP) is 1.57. The van der Waals surface area contributed by atoms with E-state index in [0.29, 0.717) is 17.5 Å². The van der Waals surface area contributed by atoms with Gasteiger partial charge >= 0.3 is 0 Å². The maximum Gasteiger partial charge on any atom is 0.238 e. The van der Waals surface area contributed by atoms with E-state index in [-0.39, 0.29) is 17.8 Å². The molecule has 0 saturated carbocycles. The third kappa shape index (κ3) is 2.12. The van der Waals surface area contributed by atoms with Crippen LogP contribution in [-0.4, -0.2) is 34.5 Å². The number of Topliss-reactive ketones (excluding diaryl/α,β-unsaturated/α-hetero) is 1. The lowest BCUT2D eigenvalue weighted by Gasteiger charge is -2.06. The minimum absolute atomic E-state index is 0.151. The molecule has 0 spiro atoms. The molecule has 0 radical (unpaired) electrons. The number of nitrogens with zero attached hydrogens (tertiary/aromatic N) is 2. The van der Waals surface area contributed by atoms with E-state index in [2.05, 4.69) is 10.1 Å². The summed E-state index contributed by atoms with van der Waals surface area (Å²) in [6.45, 7) is 1.99. The number of hydrogen-bond donors (Lipinski definition) is 0. The number of ketones is 1. The zero-order valence-corrected chi connectivity index (χ0v) is 10.1. The molecule has 0 bridgehead atoms. The molecule has 5 nitrogen and oxygen atoms in total. The molecule has 2 atom stereocenters. The van der Waals surface area contributed by atoms with Crippen molar-refractivity contribution in [2.45, 2.75) is 25.4 Å². The normalized spacial score (nSPS) is 22.6. The van der Waals surface area contributed by atoms with Gasteiger partial charge in [0.15, 0.2) is 5.78 Å². The van der Waals surface area contributed by atoms with Gasteiger partial charge in [0.05, 0.1) is 5.75 Å². The molecule has 0 N–H and O–H groups in total. The first kappa shape index (κ1) is 11.6. The summed E-state index contributed by atoms with van der Waals surface area (Å²) in [5, 5.41) is 3.86. The molecule has 1 aliphatic rings. The molecule has 1 aromatic heterocycles. The van der Waals surface area contributed by atoms with Crippen molar-refractivity contribution in [3.63, 3.8) is 0 Å². The Morgan fingerprint density at radius 1 is 1.69 bits per heavy atom. The van der Waals surface area contributed by atoms with Crippen LogP contribution in [0.15, 0.2) is 4.52 Å². The van der Waals surface area contributed by atoms with Gasteiger partial charge in [-0.25, -0.2) is 0 Å². The Bertz CT molecular complexity index is 376. The van der Waals surface area contributed by atoms with Gasteiger partial charge < -0.3 is 9.26 Å². The first-order valence-electron chi connectivity index (χ1n) is 5.23. The van der Waals surface area contributed by atoms with Crippen LogP contribution in [0.5, 0.6) is 0 Å². The van der Waals surface area contributed by atoms with Crippen molar-refractivity contribution in [2.24, 2.45) is 0 Å². The van der Waals surface area contributed by atoms with Gasteiger partial charge in [0, 0.05) is 12.9 Å². The standard InChI is InChI=1S/C10H14N2O3S/c1-3-8(14-2)9-11-10(15-12-9)6-4-16-5-7(6)13/h6,8H,3-5H2,1-2H3. The smallest absolute Gasteiger partial charge is 0.238 e. The molecule has 0 amide bonds. The predicted molar refractivity (Wildman–Crippen MR) is 59.4 cm³/mol. The second kappa shape index (κ2) is 4.97. The van der Waals surface area contributed by atoms with Crippen molar-refractivity contribution >= 4 is 17.5 Å². The fourth-order valence-corrected chi connectivity index (χ4v) is 2.74. The Labute approximate surface area is 97.9 Å². The maximum absolute atomic E-state index is 11.5. The summed E-state index contributed by atoms with van der Waals surface area (Å²) in [5.74, 6) is 2.20. The summed E-state index contributed by atoms with van der Waals surface area (Å²) in [6.07, 6.45) is 0.629. The van der Waals surface area contributed by atoms with Crippen LogP contribution >= 0.6 is 11.8 Å². The first-order chi connectivity index (χ1) is 7.76. The second-order valence-corrected chi connectivity index (χ2v) is 4.69. The number of carbonyl (C=O) groups is 1. The third-order valence-electron chi connectivity index (χ3n) is 2.62. The number of thioether (sulfide) groups is 1. The van der Waals surface area contributed by atoms with E-state index in [1.54, 1.807) is 18.9 Å². The van der Waals surface area contributed by atoms with Gasteiger partial charge in [0.1, 0.15) is 12.0 Å². The van der Waals surface area contributed by atoms with Crippen LogP contribution in [0.3, 0.4) is 0 Å². The van der Waals surface area contributed by atoms with Crippen LogP contribution in [-0.2, 0) is 9.53 Å². The molecule has 0 aromatic carbocycles. The molecule has 1 saturated heterocycles. The van der Waals surface area contributed by atoms with Crippen molar-refractivity contribution in [3.05, 3.63) is 11.7 Å². The molecule has 16 heavy (non-hydrogen) atoms. The van der Waals surface area contributed by atoms with Crippen LogP contribution < -0.4 is 0 Å². The summed E-state index contributed by atoms with van der Waals surface area (Å²) in [5.41, 5.74) is 0. The minimum Gasteiger partial charge on any atom is -0.373 e. The summed E-state index contributed by atoms with van der Waals surface area (Å²) in [7, 11) is 1.61. The SMILES string of the molecule is CCC(OC)c1noc(C2CSCC2=O)n1. The topological polar surface area (TPSA) is 65.2 Å². The van der Waals surface area contributed by atoms with Gasteiger partial charge in [0.25, 0.3) is 0 Å². The summed E-state index contributed by atoms with van der Waals surface area (Å²) in [4.78, 5) is 15.8. The van der Waals surface area contributed by atoms with Gasteiger partial charge in [-0.2, -0.15) is 16.7 Å².